The Hall–Kier alpha value is -2.64. The second-order valence-electron chi connectivity index (χ2n) is 6.58. The summed E-state index contributed by atoms with van der Waals surface area (Å²) in [5.74, 6) is 0.737. The van der Waals surface area contributed by atoms with Crippen molar-refractivity contribution in [2.45, 2.75) is 32.6 Å². The standard InChI is InChI=1S/C19H24N2O5/c1-19(2,22)13-20-11-15-9-17(25-3)18(10-16(15)21(23)24)26-12-14-7-5-4-6-8-14/h4-10,20,22H,11-13H2,1-3H3. The predicted octanol–water partition coefficient (Wildman–Crippen LogP) is 3.04. The molecule has 0 amide bonds. The number of hydrogen-bond donors (Lipinski definition) is 2. The van der Waals surface area contributed by atoms with Crippen molar-refractivity contribution in [3.8, 4) is 11.5 Å². The Balaban J connectivity index is 2.21. The van der Waals surface area contributed by atoms with Crippen molar-refractivity contribution < 1.29 is 19.5 Å². The monoisotopic (exact) mass is 360 g/mol. The fourth-order valence-corrected chi connectivity index (χ4v) is 2.41. The largest absolute Gasteiger partial charge is 0.493 e. The Kier molecular flexibility index (Phi) is 6.54. The third-order valence-electron chi connectivity index (χ3n) is 3.67. The number of aliphatic hydroxyl groups is 1. The Morgan fingerprint density at radius 2 is 1.88 bits per heavy atom. The van der Waals surface area contributed by atoms with E-state index in [1.54, 1.807) is 19.9 Å². The van der Waals surface area contributed by atoms with E-state index in [4.69, 9.17) is 9.47 Å². The molecule has 0 atom stereocenters. The summed E-state index contributed by atoms with van der Waals surface area (Å²) in [5.41, 5.74) is 0.450. The van der Waals surface area contributed by atoms with Gasteiger partial charge in [-0.1, -0.05) is 30.3 Å². The summed E-state index contributed by atoms with van der Waals surface area (Å²) in [4.78, 5) is 11.0. The van der Waals surface area contributed by atoms with Crippen LogP contribution in [-0.4, -0.2) is 29.3 Å². The van der Waals surface area contributed by atoms with Crippen molar-refractivity contribution in [3.63, 3.8) is 0 Å². The highest BCUT2D eigenvalue weighted by atomic mass is 16.6. The van der Waals surface area contributed by atoms with Gasteiger partial charge < -0.3 is 19.9 Å². The fourth-order valence-electron chi connectivity index (χ4n) is 2.41. The summed E-state index contributed by atoms with van der Waals surface area (Å²) >= 11 is 0. The van der Waals surface area contributed by atoms with Gasteiger partial charge in [-0.2, -0.15) is 0 Å². The zero-order valence-electron chi connectivity index (χ0n) is 15.2. The zero-order chi connectivity index (χ0) is 19.2. The van der Waals surface area contributed by atoms with E-state index in [1.807, 2.05) is 30.3 Å². The van der Waals surface area contributed by atoms with E-state index in [0.717, 1.165) is 5.56 Å². The van der Waals surface area contributed by atoms with Gasteiger partial charge in [0.25, 0.3) is 5.69 Å². The first-order chi connectivity index (χ1) is 12.3. The van der Waals surface area contributed by atoms with Gasteiger partial charge in [0.05, 0.1) is 23.7 Å². The molecule has 7 nitrogen and oxygen atoms in total. The van der Waals surface area contributed by atoms with E-state index >= 15 is 0 Å². The molecule has 2 aromatic carbocycles. The first-order valence-corrected chi connectivity index (χ1v) is 8.25. The van der Waals surface area contributed by atoms with Crippen molar-refractivity contribution in [1.82, 2.24) is 5.32 Å². The first-order valence-electron chi connectivity index (χ1n) is 8.25. The molecule has 0 saturated heterocycles. The Labute approximate surface area is 152 Å². The van der Waals surface area contributed by atoms with Crippen molar-refractivity contribution >= 4 is 5.69 Å². The summed E-state index contributed by atoms with van der Waals surface area (Å²) in [6.45, 7) is 4.14. The SMILES string of the molecule is COc1cc(CNCC(C)(C)O)c([N+](=O)[O-])cc1OCc1ccccc1. The minimum atomic E-state index is -0.905. The van der Waals surface area contributed by atoms with E-state index in [9.17, 15) is 15.2 Å². The Morgan fingerprint density at radius 3 is 2.46 bits per heavy atom. The lowest BCUT2D eigenvalue weighted by atomic mass is 10.1. The molecule has 0 saturated carbocycles. The van der Waals surface area contributed by atoms with Crippen molar-refractivity contribution in [1.29, 1.82) is 0 Å². The average molecular weight is 360 g/mol. The van der Waals surface area contributed by atoms with Gasteiger partial charge in [-0.25, -0.2) is 0 Å². The second kappa shape index (κ2) is 8.64. The lowest BCUT2D eigenvalue weighted by Gasteiger charge is -2.18. The minimum Gasteiger partial charge on any atom is -0.493 e. The van der Waals surface area contributed by atoms with Crippen LogP contribution in [0.3, 0.4) is 0 Å². The highest BCUT2D eigenvalue weighted by Gasteiger charge is 2.20. The van der Waals surface area contributed by atoms with Gasteiger partial charge in [-0.05, 0) is 25.5 Å². The van der Waals surface area contributed by atoms with Gasteiger partial charge in [0.1, 0.15) is 6.61 Å². The molecule has 0 fully saturated rings. The first kappa shape index (κ1) is 19.7. The molecule has 0 radical (unpaired) electrons. The van der Waals surface area contributed by atoms with Crippen LogP contribution >= 0.6 is 0 Å². The highest BCUT2D eigenvalue weighted by molar-refractivity contribution is 5.54. The fraction of sp³-hybridized carbons (Fsp3) is 0.368. The molecule has 2 aromatic rings. The van der Waals surface area contributed by atoms with Crippen LogP contribution in [0.4, 0.5) is 5.69 Å². The van der Waals surface area contributed by atoms with Crippen molar-refractivity contribution in [3.05, 3.63) is 63.7 Å². The predicted molar refractivity (Wildman–Crippen MR) is 98.4 cm³/mol. The molecule has 2 N–H and O–H groups in total. The van der Waals surface area contributed by atoms with E-state index in [-0.39, 0.29) is 18.8 Å². The molecule has 0 bridgehead atoms. The number of benzene rings is 2. The maximum Gasteiger partial charge on any atom is 0.277 e. The Bertz CT molecular complexity index is 742. The molecule has 2 rings (SSSR count). The molecule has 7 heteroatoms. The van der Waals surface area contributed by atoms with Crippen LogP contribution in [-0.2, 0) is 13.2 Å². The molecular weight excluding hydrogens is 336 g/mol. The van der Waals surface area contributed by atoms with Crippen LogP contribution < -0.4 is 14.8 Å². The van der Waals surface area contributed by atoms with Crippen molar-refractivity contribution in [2.24, 2.45) is 0 Å². The normalized spacial score (nSPS) is 11.2. The number of ether oxygens (including phenoxy) is 2. The number of nitrogens with one attached hydrogen (secondary N) is 1. The zero-order valence-corrected chi connectivity index (χ0v) is 15.2. The summed E-state index contributed by atoms with van der Waals surface area (Å²) in [5, 5.41) is 24.2. The van der Waals surface area contributed by atoms with Crippen LogP contribution in [0.5, 0.6) is 11.5 Å². The third-order valence-corrected chi connectivity index (χ3v) is 3.67. The minimum absolute atomic E-state index is 0.0582. The van der Waals surface area contributed by atoms with Crippen LogP contribution in [0, 0.1) is 10.1 Å². The van der Waals surface area contributed by atoms with Gasteiger partial charge in [0.15, 0.2) is 11.5 Å². The number of nitrogens with zero attached hydrogens (tertiary/aromatic N) is 1. The molecule has 0 aromatic heterocycles. The Morgan fingerprint density at radius 1 is 1.19 bits per heavy atom. The lowest BCUT2D eigenvalue weighted by molar-refractivity contribution is -0.385. The molecule has 26 heavy (non-hydrogen) atoms. The quantitative estimate of drug-likeness (QED) is 0.527. The van der Waals surface area contributed by atoms with Crippen LogP contribution in [0.15, 0.2) is 42.5 Å². The number of nitro groups is 1. The van der Waals surface area contributed by atoms with E-state index < -0.39 is 10.5 Å². The number of hydrogen-bond acceptors (Lipinski definition) is 6. The van der Waals surface area contributed by atoms with Crippen LogP contribution in [0.2, 0.25) is 0 Å². The van der Waals surface area contributed by atoms with Crippen LogP contribution in [0.1, 0.15) is 25.0 Å². The van der Waals surface area contributed by atoms with Gasteiger partial charge >= 0.3 is 0 Å². The maximum absolute atomic E-state index is 11.4. The number of methoxy groups -OCH3 is 1. The topological polar surface area (TPSA) is 93.9 Å². The molecule has 0 heterocycles. The molecular formula is C19H24N2O5. The van der Waals surface area contributed by atoms with E-state index in [0.29, 0.717) is 23.6 Å². The van der Waals surface area contributed by atoms with Gasteiger partial charge in [-0.15, -0.1) is 0 Å². The van der Waals surface area contributed by atoms with Crippen molar-refractivity contribution in [2.75, 3.05) is 13.7 Å². The maximum atomic E-state index is 11.4. The molecule has 0 aliphatic rings. The number of rotatable bonds is 9. The average Bonchev–Trinajstić information content (AvgIpc) is 2.59. The summed E-state index contributed by atoms with van der Waals surface area (Å²) < 4.78 is 11.1. The molecule has 0 unspecified atom stereocenters. The molecule has 0 aliphatic heterocycles. The third kappa shape index (κ3) is 5.72. The molecule has 140 valence electrons. The summed E-state index contributed by atoms with van der Waals surface area (Å²) in [6, 6.07) is 12.5. The molecule has 0 aliphatic carbocycles. The van der Waals surface area contributed by atoms with Crippen LogP contribution in [0.25, 0.3) is 0 Å². The molecule has 0 spiro atoms. The number of nitro benzene ring substituents is 1. The summed E-state index contributed by atoms with van der Waals surface area (Å²) in [7, 11) is 1.49. The van der Waals surface area contributed by atoms with E-state index in [2.05, 4.69) is 5.32 Å². The van der Waals surface area contributed by atoms with Gasteiger partial charge in [-0.3, -0.25) is 10.1 Å². The van der Waals surface area contributed by atoms with Gasteiger partial charge in [0, 0.05) is 18.7 Å². The van der Waals surface area contributed by atoms with E-state index in [1.165, 1.54) is 13.2 Å². The smallest absolute Gasteiger partial charge is 0.277 e. The van der Waals surface area contributed by atoms with Gasteiger partial charge in [0.2, 0.25) is 0 Å². The second-order valence-corrected chi connectivity index (χ2v) is 6.58. The highest BCUT2D eigenvalue weighted by Crippen LogP contribution is 2.35. The summed E-state index contributed by atoms with van der Waals surface area (Å²) in [6.07, 6.45) is 0. The lowest BCUT2D eigenvalue weighted by Crippen LogP contribution is -2.34.